The first-order valence-electron chi connectivity index (χ1n) is 7.63. The molecule has 1 amide bonds. The molecule has 4 nitrogen and oxygen atoms in total. The van der Waals surface area contributed by atoms with Crippen molar-refractivity contribution < 1.29 is 4.79 Å². The molecule has 1 aromatic carbocycles. The van der Waals surface area contributed by atoms with Gasteiger partial charge in [-0.1, -0.05) is 23.7 Å². The summed E-state index contributed by atoms with van der Waals surface area (Å²) in [4.78, 5) is 17.6. The van der Waals surface area contributed by atoms with E-state index in [1.54, 1.807) is 0 Å². The SMILES string of the molecule is O=C(NCCc1ccc[nH]1)C1CCN(c2ccccc2Cl)C1. The first-order chi connectivity index (χ1) is 10.7. The fraction of sp³-hybridized carbons (Fsp3) is 0.353. The molecule has 2 aromatic rings. The lowest BCUT2D eigenvalue weighted by Crippen LogP contribution is -2.34. The number of para-hydroxylation sites is 1. The van der Waals surface area contributed by atoms with E-state index in [9.17, 15) is 4.79 Å². The molecule has 1 aliphatic heterocycles. The summed E-state index contributed by atoms with van der Waals surface area (Å²) in [6.45, 7) is 2.28. The number of hydrogen-bond acceptors (Lipinski definition) is 2. The van der Waals surface area contributed by atoms with Crippen LogP contribution in [-0.2, 0) is 11.2 Å². The molecule has 0 saturated carbocycles. The summed E-state index contributed by atoms with van der Waals surface area (Å²) in [7, 11) is 0. The third kappa shape index (κ3) is 3.45. The number of carbonyl (C=O) groups is 1. The van der Waals surface area contributed by atoms with Gasteiger partial charge in [0.15, 0.2) is 0 Å². The lowest BCUT2D eigenvalue weighted by Gasteiger charge is -2.19. The van der Waals surface area contributed by atoms with Crippen LogP contribution in [0.3, 0.4) is 0 Å². The Balaban J connectivity index is 1.49. The predicted octanol–water partition coefficient (Wildman–Crippen LogP) is 2.85. The van der Waals surface area contributed by atoms with Crippen molar-refractivity contribution in [3.05, 3.63) is 53.3 Å². The van der Waals surface area contributed by atoms with E-state index >= 15 is 0 Å². The van der Waals surface area contributed by atoms with Crippen LogP contribution in [0.2, 0.25) is 5.02 Å². The zero-order valence-electron chi connectivity index (χ0n) is 12.4. The summed E-state index contributed by atoms with van der Waals surface area (Å²) >= 11 is 6.23. The zero-order chi connectivity index (χ0) is 15.4. The zero-order valence-corrected chi connectivity index (χ0v) is 13.1. The second-order valence-electron chi connectivity index (χ2n) is 5.62. The number of amides is 1. The van der Waals surface area contributed by atoms with Crippen molar-refractivity contribution in [3.63, 3.8) is 0 Å². The predicted molar refractivity (Wildman–Crippen MR) is 89.3 cm³/mol. The Morgan fingerprint density at radius 3 is 2.95 bits per heavy atom. The number of nitrogens with zero attached hydrogens (tertiary/aromatic N) is 1. The van der Waals surface area contributed by atoms with Crippen molar-refractivity contribution in [2.75, 3.05) is 24.5 Å². The van der Waals surface area contributed by atoms with Gasteiger partial charge in [0.1, 0.15) is 0 Å². The minimum Gasteiger partial charge on any atom is -0.370 e. The third-order valence-electron chi connectivity index (χ3n) is 4.11. The molecule has 2 N–H and O–H groups in total. The quantitative estimate of drug-likeness (QED) is 0.891. The standard InChI is InChI=1S/C17H20ClN3O/c18-15-5-1-2-6-16(15)21-11-8-13(12-21)17(22)20-10-7-14-4-3-9-19-14/h1-6,9,13,19H,7-8,10-12H2,(H,20,22). The minimum atomic E-state index is 0.0416. The average Bonchev–Trinajstić information content (AvgIpc) is 3.19. The van der Waals surface area contributed by atoms with Crippen LogP contribution in [-0.4, -0.2) is 30.5 Å². The van der Waals surface area contributed by atoms with Crippen LogP contribution in [0.15, 0.2) is 42.6 Å². The van der Waals surface area contributed by atoms with Crippen LogP contribution in [0.4, 0.5) is 5.69 Å². The van der Waals surface area contributed by atoms with Gasteiger partial charge >= 0.3 is 0 Å². The normalized spacial score (nSPS) is 17.7. The molecule has 0 radical (unpaired) electrons. The smallest absolute Gasteiger partial charge is 0.224 e. The first kappa shape index (κ1) is 15.0. The maximum absolute atomic E-state index is 12.3. The van der Waals surface area contributed by atoms with E-state index in [0.29, 0.717) is 6.54 Å². The Morgan fingerprint density at radius 2 is 2.18 bits per heavy atom. The molecule has 116 valence electrons. The van der Waals surface area contributed by atoms with E-state index in [1.807, 2.05) is 42.6 Å². The molecule has 1 aromatic heterocycles. The second kappa shape index (κ2) is 6.88. The van der Waals surface area contributed by atoms with Crippen molar-refractivity contribution >= 4 is 23.2 Å². The lowest BCUT2D eigenvalue weighted by molar-refractivity contribution is -0.124. The van der Waals surface area contributed by atoms with Gasteiger partial charge in [-0.05, 0) is 30.7 Å². The molecule has 0 aliphatic carbocycles. The van der Waals surface area contributed by atoms with Gasteiger partial charge in [0.25, 0.3) is 0 Å². The number of aromatic nitrogens is 1. The van der Waals surface area contributed by atoms with Gasteiger partial charge in [-0.3, -0.25) is 4.79 Å². The summed E-state index contributed by atoms with van der Waals surface area (Å²) in [5, 5.41) is 3.78. The first-order valence-corrected chi connectivity index (χ1v) is 8.01. The van der Waals surface area contributed by atoms with E-state index in [2.05, 4.69) is 15.2 Å². The highest BCUT2D eigenvalue weighted by Crippen LogP contribution is 2.30. The Bertz CT molecular complexity index is 627. The van der Waals surface area contributed by atoms with Crippen molar-refractivity contribution in [1.29, 1.82) is 0 Å². The van der Waals surface area contributed by atoms with E-state index in [4.69, 9.17) is 11.6 Å². The monoisotopic (exact) mass is 317 g/mol. The number of hydrogen-bond donors (Lipinski definition) is 2. The largest absolute Gasteiger partial charge is 0.370 e. The molecule has 1 aliphatic rings. The molecule has 2 heterocycles. The molecule has 1 saturated heterocycles. The van der Waals surface area contributed by atoms with E-state index in [0.717, 1.165) is 42.3 Å². The maximum atomic E-state index is 12.3. The molecular weight excluding hydrogens is 298 g/mol. The number of benzene rings is 1. The molecule has 22 heavy (non-hydrogen) atoms. The highest BCUT2D eigenvalue weighted by Gasteiger charge is 2.28. The molecule has 0 spiro atoms. The highest BCUT2D eigenvalue weighted by atomic mass is 35.5. The topological polar surface area (TPSA) is 48.1 Å². The molecule has 0 bridgehead atoms. The molecule has 1 atom stereocenters. The number of rotatable bonds is 5. The van der Waals surface area contributed by atoms with Crippen LogP contribution in [0.5, 0.6) is 0 Å². The summed E-state index contributed by atoms with van der Waals surface area (Å²) in [5.74, 6) is 0.182. The fourth-order valence-electron chi connectivity index (χ4n) is 2.89. The van der Waals surface area contributed by atoms with Crippen molar-refractivity contribution in [2.45, 2.75) is 12.8 Å². The number of carbonyl (C=O) groups excluding carboxylic acids is 1. The van der Waals surface area contributed by atoms with Gasteiger partial charge in [-0.2, -0.15) is 0 Å². The van der Waals surface area contributed by atoms with Gasteiger partial charge in [0.05, 0.1) is 16.6 Å². The Kier molecular flexibility index (Phi) is 4.68. The number of H-pyrrole nitrogens is 1. The minimum absolute atomic E-state index is 0.0416. The van der Waals surface area contributed by atoms with Gasteiger partial charge in [-0.25, -0.2) is 0 Å². The number of anilines is 1. The molecule has 1 unspecified atom stereocenters. The summed E-state index contributed by atoms with van der Waals surface area (Å²) in [6, 6.07) is 11.8. The Morgan fingerprint density at radius 1 is 1.32 bits per heavy atom. The average molecular weight is 318 g/mol. The second-order valence-corrected chi connectivity index (χ2v) is 6.03. The van der Waals surface area contributed by atoms with Crippen molar-refractivity contribution in [1.82, 2.24) is 10.3 Å². The van der Waals surface area contributed by atoms with Crippen LogP contribution in [0.1, 0.15) is 12.1 Å². The molecule has 1 fully saturated rings. The summed E-state index contributed by atoms with van der Waals surface area (Å²) < 4.78 is 0. The number of aromatic amines is 1. The van der Waals surface area contributed by atoms with Crippen LogP contribution >= 0.6 is 11.6 Å². The van der Waals surface area contributed by atoms with E-state index < -0.39 is 0 Å². The summed E-state index contributed by atoms with van der Waals surface area (Å²) in [5.41, 5.74) is 2.16. The van der Waals surface area contributed by atoms with Crippen LogP contribution in [0.25, 0.3) is 0 Å². The Labute approximate surface area is 135 Å². The van der Waals surface area contributed by atoms with Crippen molar-refractivity contribution in [2.24, 2.45) is 5.92 Å². The van der Waals surface area contributed by atoms with E-state index in [1.165, 1.54) is 0 Å². The van der Waals surface area contributed by atoms with Gasteiger partial charge < -0.3 is 15.2 Å². The van der Waals surface area contributed by atoms with Gasteiger partial charge in [-0.15, -0.1) is 0 Å². The van der Waals surface area contributed by atoms with E-state index in [-0.39, 0.29) is 11.8 Å². The lowest BCUT2D eigenvalue weighted by atomic mass is 10.1. The Hall–Kier alpha value is -1.94. The highest BCUT2D eigenvalue weighted by molar-refractivity contribution is 6.33. The molecular formula is C17H20ClN3O. The fourth-order valence-corrected chi connectivity index (χ4v) is 3.14. The third-order valence-corrected chi connectivity index (χ3v) is 4.43. The van der Waals surface area contributed by atoms with Crippen molar-refractivity contribution in [3.8, 4) is 0 Å². The van der Waals surface area contributed by atoms with Crippen LogP contribution in [0, 0.1) is 5.92 Å². The van der Waals surface area contributed by atoms with Crippen LogP contribution < -0.4 is 10.2 Å². The maximum Gasteiger partial charge on any atom is 0.224 e. The van der Waals surface area contributed by atoms with Gasteiger partial charge in [0.2, 0.25) is 5.91 Å². The number of halogens is 1. The summed E-state index contributed by atoms with van der Waals surface area (Å²) in [6.07, 6.45) is 3.61. The molecule has 3 rings (SSSR count). The molecule has 5 heteroatoms. The van der Waals surface area contributed by atoms with Gasteiger partial charge in [0, 0.05) is 37.9 Å². The number of nitrogens with one attached hydrogen (secondary N) is 2.